The third kappa shape index (κ3) is 3.50. The summed E-state index contributed by atoms with van der Waals surface area (Å²) in [5, 5.41) is 0.503. The minimum atomic E-state index is -3.74. The first-order valence-electron chi connectivity index (χ1n) is 7.98. The van der Waals surface area contributed by atoms with Crippen LogP contribution in [0.4, 0.5) is 11.4 Å². The van der Waals surface area contributed by atoms with E-state index in [0.717, 1.165) is 24.1 Å². The maximum atomic E-state index is 12.7. The van der Waals surface area contributed by atoms with Gasteiger partial charge in [0, 0.05) is 24.2 Å². The number of anilines is 2. The summed E-state index contributed by atoms with van der Waals surface area (Å²) in [5.74, 6) is -0.0377. The van der Waals surface area contributed by atoms with Gasteiger partial charge in [-0.1, -0.05) is 17.7 Å². The Morgan fingerprint density at radius 2 is 2.00 bits per heavy atom. The SMILES string of the molecule is CC(=O)N1CCCc2cc(S(=O)(=O)Nc3cccc(Cl)c3C)ccc21. The van der Waals surface area contributed by atoms with Gasteiger partial charge in [0.05, 0.1) is 10.6 Å². The average Bonchev–Trinajstić information content (AvgIpc) is 2.57. The summed E-state index contributed by atoms with van der Waals surface area (Å²) in [6.45, 7) is 3.94. The number of rotatable bonds is 3. The molecule has 7 heteroatoms. The Kier molecular flexibility index (Phi) is 4.75. The van der Waals surface area contributed by atoms with Crippen molar-refractivity contribution in [2.75, 3.05) is 16.2 Å². The molecule has 1 aliphatic rings. The lowest BCUT2D eigenvalue weighted by atomic mass is 10.0. The molecule has 0 aromatic heterocycles. The molecule has 0 unspecified atom stereocenters. The van der Waals surface area contributed by atoms with E-state index >= 15 is 0 Å². The van der Waals surface area contributed by atoms with E-state index in [1.807, 2.05) is 0 Å². The molecule has 0 saturated heterocycles. The van der Waals surface area contributed by atoms with Crippen molar-refractivity contribution in [3.63, 3.8) is 0 Å². The van der Waals surface area contributed by atoms with E-state index in [1.165, 1.54) is 13.0 Å². The molecular weight excluding hydrogens is 360 g/mol. The molecule has 0 spiro atoms. The number of aryl methyl sites for hydroxylation is 1. The van der Waals surface area contributed by atoms with E-state index in [1.54, 1.807) is 42.2 Å². The summed E-state index contributed by atoms with van der Waals surface area (Å²) < 4.78 is 28.1. The van der Waals surface area contributed by atoms with E-state index in [4.69, 9.17) is 11.6 Å². The first-order chi connectivity index (χ1) is 11.8. The standard InChI is InChI=1S/C18H19ClN2O3S/c1-12-16(19)6-3-7-17(12)20-25(23,24)15-8-9-18-14(11-15)5-4-10-21(18)13(2)22/h3,6-9,11,20H,4-5,10H2,1-2H3. The molecule has 3 rings (SSSR count). The minimum absolute atomic E-state index is 0.0377. The summed E-state index contributed by atoms with van der Waals surface area (Å²) in [7, 11) is -3.74. The topological polar surface area (TPSA) is 66.5 Å². The Balaban J connectivity index is 1.96. The van der Waals surface area contributed by atoms with Crippen LogP contribution >= 0.6 is 11.6 Å². The average molecular weight is 379 g/mol. The summed E-state index contributed by atoms with van der Waals surface area (Å²) in [6.07, 6.45) is 1.57. The maximum absolute atomic E-state index is 12.7. The van der Waals surface area contributed by atoms with Crippen LogP contribution in [0.5, 0.6) is 0 Å². The molecule has 1 aliphatic heterocycles. The first-order valence-corrected chi connectivity index (χ1v) is 9.84. The number of carbonyl (C=O) groups is 1. The van der Waals surface area contributed by atoms with Crippen LogP contribution in [0.2, 0.25) is 5.02 Å². The number of nitrogens with one attached hydrogen (secondary N) is 1. The first kappa shape index (κ1) is 17.8. The zero-order valence-corrected chi connectivity index (χ0v) is 15.6. The fourth-order valence-corrected chi connectivity index (χ4v) is 4.34. The molecule has 132 valence electrons. The normalized spacial score (nSPS) is 14.1. The molecular formula is C18H19ClN2O3S. The second-order valence-corrected chi connectivity index (χ2v) is 8.17. The lowest BCUT2D eigenvalue weighted by molar-refractivity contribution is -0.116. The molecule has 0 atom stereocenters. The van der Waals surface area contributed by atoms with E-state index < -0.39 is 10.0 Å². The van der Waals surface area contributed by atoms with Crippen molar-refractivity contribution in [2.45, 2.75) is 31.6 Å². The molecule has 1 N–H and O–H groups in total. The van der Waals surface area contributed by atoms with Gasteiger partial charge in [-0.25, -0.2) is 8.42 Å². The van der Waals surface area contributed by atoms with Crippen molar-refractivity contribution >= 4 is 38.9 Å². The van der Waals surface area contributed by atoms with Gasteiger partial charge in [-0.2, -0.15) is 0 Å². The van der Waals surface area contributed by atoms with Crippen LogP contribution in [0, 0.1) is 6.92 Å². The predicted octanol–water partition coefficient (Wildman–Crippen LogP) is 3.75. The molecule has 0 aliphatic carbocycles. The summed E-state index contributed by atoms with van der Waals surface area (Å²) >= 11 is 6.06. The number of nitrogens with zero attached hydrogens (tertiary/aromatic N) is 1. The van der Waals surface area contributed by atoms with Crippen LogP contribution in [0.15, 0.2) is 41.3 Å². The molecule has 0 bridgehead atoms. The zero-order chi connectivity index (χ0) is 18.2. The predicted molar refractivity (Wildman–Crippen MR) is 99.8 cm³/mol. The van der Waals surface area contributed by atoms with Crippen molar-refractivity contribution in [1.82, 2.24) is 0 Å². The monoisotopic (exact) mass is 378 g/mol. The van der Waals surface area contributed by atoms with Crippen molar-refractivity contribution in [2.24, 2.45) is 0 Å². The van der Waals surface area contributed by atoms with Gasteiger partial charge in [-0.05, 0) is 61.2 Å². The number of benzene rings is 2. The molecule has 2 aromatic carbocycles. The molecule has 0 radical (unpaired) electrons. The van der Waals surface area contributed by atoms with Crippen molar-refractivity contribution < 1.29 is 13.2 Å². The number of hydrogen-bond acceptors (Lipinski definition) is 3. The van der Waals surface area contributed by atoms with Gasteiger partial charge in [-0.3, -0.25) is 9.52 Å². The van der Waals surface area contributed by atoms with Crippen molar-refractivity contribution in [1.29, 1.82) is 0 Å². The molecule has 5 nitrogen and oxygen atoms in total. The number of sulfonamides is 1. The third-order valence-corrected chi connectivity index (χ3v) is 6.14. The second kappa shape index (κ2) is 6.69. The van der Waals surface area contributed by atoms with Gasteiger partial charge in [0.2, 0.25) is 5.91 Å². The van der Waals surface area contributed by atoms with Crippen molar-refractivity contribution in [3.05, 3.63) is 52.5 Å². The van der Waals surface area contributed by atoms with Crippen LogP contribution in [0.25, 0.3) is 0 Å². The van der Waals surface area contributed by atoms with Gasteiger partial charge in [0.25, 0.3) is 10.0 Å². The van der Waals surface area contributed by atoms with Gasteiger partial charge in [0.15, 0.2) is 0 Å². The minimum Gasteiger partial charge on any atom is -0.312 e. The fourth-order valence-electron chi connectivity index (χ4n) is 2.99. The van der Waals surface area contributed by atoms with Crippen molar-refractivity contribution in [3.8, 4) is 0 Å². The molecule has 1 amide bonds. The zero-order valence-electron chi connectivity index (χ0n) is 14.0. The highest BCUT2D eigenvalue weighted by Gasteiger charge is 2.23. The largest absolute Gasteiger partial charge is 0.312 e. The Hall–Kier alpha value is -2.05. The van der Waals surface area contributed by atoms with Crippen LogP contribution in [-0.2, 0) is 21.2 Å². The highest BCUT2D eigenvalue weighted by molar-refractivity contribution is 7.92. The van der Waals surface area contributed by atoms with E-state index in [9.17, 15) is 13.2 Å². The highest BCUT2D eigenvalue weighted by Crippen LogP contribution is 2.31. The fraction of sp³-hybridized carbons (Fsp3) is 0.278. The number of hydrogen-bond donors (Lipinski definition) is 1. The second-order valence-electron chi connectivity index (χ2n) is 6.08. The van der Waals surface area contributed by atoms with Crippen LogP contribution in [0.3, 0.4) is 0 Å². The maximum Gasteiger partial charge on any atom is 0.261 e. The van der Waals surface area contributed by atoms with Crippen LogP contribution in [0.1, 0.15) is 24.5 Å². The Bertz CT molecular complexity index is 941. The summed E-state index contributed by atoms with van der Waals surface area (Å²) in [4.78, 5) is 13.6. The lowest BCUT2D eigenvalue weighted by Gasteiger charge is -2.28. The highest BCUT2D eigenvalue weighted by atomic mass is 35.5. The molecule has 2 aromatic rings. The molecule has 0 fully saturated rings. The molecule has 25 heavy (non-hydrogen) atoms. The van der Waals surface area contributed by atoms with Gasteiger partial charge >= 0.3 is 0 Å². The Morgan fingerprint density at radius 3 is 2.72 bits per heavy atom. The summed E-state index contributed by atoms with van der Waals surface area (Å²) in [5.41, 5.74) is 2.79. The van der Waals surface area contributed by atoms with Gasteiger partial charge in [0.1, 0.15) is 0 Å². The Morgan fingerprint density at radius 1 is 1.24 bits per heavy atom. The summed E-state index contributed by atoms with van der Waals surface area (Å²) in [6, 6.07) is 9.97. The third-order valence-electron chi connectivity index (χ3n) is 4.37. The smallest absolute Gasteiger partial charge is 0.261 e. The van der Waals surface area contributed by atoms with Gasteiger partial charge in [-0.15, -0.1) is 0 Å². The number of fused-ring (bicyclic) bond motifs is 1. The van der Waals surface area contributed by atoms with E-state index in [-0.39, 0.29) is 10.8 Å². The van der Waals surface area contributed by atoms with E-state index in [2.05, 4.69) is 4.72 Å². The van der Waals surface area contributed by atoms with Gasteiger partial charge < -0.3 is 4.90 Å². The molecule has 0 saturated carbocycles. The number of amides is 1. The number of carbonyl (C=O) groups excluding carboxylic acids is 1. The lowest BCUT2D eigenvalue weighted by Crippen LogP contribution is -2.33. The van der Waals surface area contributed by atoms with E-state index in [0.29, 0.717) is 22.8 Å². The van der Waals surface area contributed by atoms with Crippen LogP contribution < -0.4 is 9.62 Å². The number of halogens is 1. The molecule has 1 heterocycles. The van der Waals surface area contributed by atoms with Crippen LogP contribution in [-0.4, -0.2) is 20.9 Å². The Labute approximate surface area is 152 Å². The quantitative estimate of drug-likeness (QED) is 0.884.